The molecule has 0 saturated heterocycles. The number of benzene rings is 6. The highest BCUT2D eigenvalue weighted by atomic mass is 32.2. The van der Waals surface area contributed by atoms with Crippen LogP contribution < -0.4 is 0 Å². The average molecular weight is 831 g/mol. The highest BCUT2D eigenvalue weighted by molar-refractivity contribution is 8.00. The number of unbranched alkanes of at least 4 members (excludes halogenated alkanes) is 2. The van der Waals surface area contributed by atoms with E-state index in [1.165, 1.54) is 79.2 Å². The minimum absolute atomic E-state index is 0.0445. The smallest absolute Gasteiger partial charge is 0.196 e. The molecule has 0 N–H and O–H groups in total. The second-order valence-electron chi connectivity index (χ2n) is 17.4. The van der Waals surface area contributed by atoms with E-state index >= 15 is 0 Å². The maximum atomic E-state index is 14.9. The lowest BCUT2D eigenvalue weighted by atomic mass is 9.77. The first-order chi connectivity index (χ1) is 28.6. The molecule has 0 radical (unpaired) electrons. The van der Waals surface area contributed by atoms with Crippen LogP contribution >= 0.6 is 35.3 Å². The Balaban J connectivity index is 1.05. The number of rotatable bonds is 12. The van der Waals surface area contributed by atoms with E-state index in [0.29, 0.717) is 28.2 Å². The lowest BCUT2D eigenvalue weighted by Crippen LogP contribution is -2.23. The molecule has 5 heteroatoms. The molecule has 2 aliphatic rings. The molecular weight excluding hydrogens is 777 g/mol. The molecule has 8 rings (SSSR count). The van der Waals surface area contributed by atoms with Crippen molar-refractivity contribution in [2.45, 2.75) is 127 Å². The first kappa shape index (κ1) is 41.4. The fourth-order valence-corrected chi connectivity index (χ4v) is 11.5. The third-order valence-electron chi connectivity index (χ3n) is 12.1. The van der Waals surface area contributed by atoms with E-state index in [9.17, 15) is 9.59 Å². The third-order valence-corrected chi connectivity index (χ3v) is 15.3. The second-order valence-corrected chi connectivity index (χ2v) is 20.7. The van der Waals surface area contributed by atoms with E-state index in [1.807, 2.05) is 30.3 Å². The van der Waals surface area contributed by atoms with Gasteiger partial charge in [0.25, 0.3) is 0 Å². The number of carbonyl (C=O) groups excluding carboxylic acids is 2. The Hall–Kier alpha value is -4.29. The quantitative estimate of drug-likeness (QED) is 0.115. The van der Waals surface area contributed by atoms with Gasteiger partial charge in [0, 0.05) is 51.6 Å². The molecule has 0 heterocycles. The van der Waals surface area contributed by atoms with E-state index < -0.39 is 0 Å². The summed E-state index contributed by atoms with van der Waals surface area (Å²) in [6, 6.07) is 44.5. The number of ketones is 2. The predicted molar refractivity (Wildman–Crippen MR) is 249 cm³/mol. The molecule has 2 nitrogen and oxygen atoms in total. The number of aryl methyl sites for hydroxylation is 1. The van der Waals surface area contributed by atoms with Gasteiger partial charge in [-0.05, 0) is 127 Å². The van der Waals surface area contributed by atoms with Gasteiger partial charge in [0.2, 0.25) is 0 Å². The third kappa shape index (κ3) is 9.38. The van der Waals surface area contributed by atoms with Crippen molar-refractivity contribution in [1.29, 1.82) is 0 Å². The number of fused-ring (bicyclic) bond motifs is 2. The Morgan fingerprint density at radius 1 is 0.542 bits per heavy atom. The van der Waals surface area contributed by atoms with Crippen molar-refractivity contribution < 1.29 is 9.59 Å². The maximum Gasteiger partial charge on any atom is 0.196 e. The minimum atomic E-state index is -0.101. The molecule has 1 saturated carbocycles. The molecule has 2 aliphatic carbocycles. The molecule has 6 aromatic carbocycles. The Morgan fingerprint density at radius 3 is 1.61 bits per heavy atom. The fraction of sp³-hybridized carbons (Fsp3) is 0.296. The highest BCUT2D eigenvalue weighted by Crippen LogP contribution is 2.46. The molecule has 0 aromatic heterocycles. The van der Waals surface area contributed by atoms with Crippen molar-refractivity contribution in [3.05, 3.63) is 166 Å². The molecule has 0 amide bonds. The summed E-state index contributed by atoms with van der Waals surface area (Å²) >= 11 is 4.64. The molecule has 1 fully saturated rings. The first-order valence-electron chi connectivity index (χ1n) is 21.4. The molecule has 59 heavy (non-hydrogen) atoms. The summed E-state index contributed by atoms with van der Waals surface area (Å²) in [4.78, 5) is 35.1. The monoisotopic (exact) mass is 830 g/mol. The number of carbonyl (C=O) groups is 2. The normalized spacial score (nSPS) is 16.5. The zero-order valence-electron chi connectivity index (χ0n) is 35.0. The van der Waals surface area contributed by atoms with E-state index in [-0.39, 0.29) is 17.0 Å². The van der Waals surface area contributed by atoms with Crippen LogP contribution in [0.4, 0.5) is 0 Å². The molecule has 0 aliphatic heterocycles. The van der Waals surface area contributed by atoms with Crippen LogP contribution in [0.3, 0.4) is 0 Å². The molecule has 6 aromatic rings. The van der Waals surface area contributed by atoms with Crippen molar-refractivity contribution >= 4 is 46.9 Å². The summed E-state index contributed by atoms with van der Waals surface area (Å²) < 4.78 is 0. The summed E-state index contributed by atoms with van der Waals surface area (Å²) in [6.45, 7) is 11.0. The van der Waals surface area contributed by atoms with Gasteiger partial charge in [-0.1, -0.05) is 167 Å². The van der Waals surface area contributed by atoms with Crippen molar-refractivity contribution in [1.82, 2.24) is 0 Å². The van der Waals surface area contributed by atoms with Crippen LogP contribution in [0.15, 0.2) is 157 Å². The summed E-state index contributed by atoms with van der Waals surface area (Å²) in [5, 5.41) is 0. The van der Waals surface area contributed by atoms with Gasteiger partial charge in [0.1, 0.15) is 0 Å². The molecule has 300 valence electrons. The molecule has 0 spiro atoms. The molecular formula is C54H54O2S3. The van der Waals surface area contributed by atoms with Gasteiger partial charge >= 0.3 is 0 Å². The molecule has 0 atom stereocenters. The fourth-order valence-electron chi connectivity index (χ4n) is 8.63. The van der Waals surface area contributed by atoms with Gasteiger partial charge in [-0.3, -0.25) is 9.59 Å². The predicted octanol–water partition coefficient (Wildman–Crippen LogP) is 16.0. The van der Waals surface area contributed by atoms with E-state index in [4.69, 9.17) is 0 Å². The van der Waals surface area contributed by atoms with Crippen molar-refractivity contribution in [2.24, 2.45) is 5.92 Å². The van der Waals surface area contributed by atoms with Gasteiger partial charge in [0.15, 0.2) is 11.6 Å². The van der Waals surface area contributed by atoms with E-state index in [1.54, 1.807) is 35.3 Å². The van der Waals surface area contributed by atoms with Gasteiger partial charge in [0.05, 0.1) is 0 Å². The Labute approximate surface area is 364 Å². The maximum absolute atomic E-state index is 14.9. The Kier molecular flexibility index (Phi) is 12.7. The van der Waals surface area contributed by atoms with Gasteiger partial charge in [-0.15, -0.1) is 0 Å². The number of hydrogen-bond donors (Lipinski definition) is 0. The lowest BCUT2D eigenvalue weighted by molar-refractivity contribution is 0.0972. The molecule has 0 bridgehead atoms. The summed E-state index contributed by atoms with van der Waals surface area (Å²) in [7, 11) is 0. The zero-order chi connectivity index (χ0) is 41.1. The summed E-state index contributed by atoms with van der Waals surface area (Å²) in [5.41, 5.74) is 8.29. The van der Waals surface area contributed by atoms with E-state index in [2.05, 4.69) is 132 Å². The number of hydrogen-bond acceptors (Lipinski definition) is 5. The van der Waals surface area contributed by atoms with Crippen LogP contribution in [0.25, 0.3) is 11.1 Å². The largest absolute Gasteiger partial charge is 0.289 e. The molecule has 0 unspecified atom stereocenters. The SMILES string of the molecule is CCCCCC1CCC(c2ccc(-c3ccc(Sc4ccc(Sc5ccc(C)cc5)c5c4C(=O)c4cccc(Sc6ccc(C(C)(C)C)cc6)c4C5=O)cc3)cc2)CC1. The van der Waals surface area contributed by atoms with Crippen molar-refractivity contribution in [3.8, 4) is 11.1 Å². The van der Waals surface area contributed by atoms with Gasteiger partial charge in [-0.2, -0.15) is 0 Å². The minimum Gasteiger partial charge on any atom is -0.289 e. The van der Waals surface area contributed by atoms with Crippen LogP contribution in [0.1, 0.15) is 134 Å². The van der Waals surface area contributed by atoms with Crippen LogP contribution in [0, 0.1) is 12.8 Å². The van der Waals surface area contributed by atoms with E-state index in [0.717, 1.165) is 35.3 Å². The Bertz CT molecular complexity index is 2430. The van der Waals surface area contributed by atoms with Gasteiger partial charge < -0.3 is 0 Å². The van der Waals surface area contributed by atoms with Gasteiger partial charge in [-0.25, -0.2) is 0 Å². The summed E-state index contributed by atoms with van der Waals surface area (Å²) in [5.74, 6) is 1.40. The first-order valence-corrected chi connectivity index (χ1v) is 23.8. The summed E-state index contributed by atoms with van der Waals surface area (Å²) in [6.07, 6.45) is 10.8. The lowest BCUT2D eigenvalue weighted by Gasteiger charge is -2.29. The topological polar surface area (TPSA) is 34.1 Å². The zero-order valence-corrected chi connectivity index (χ0v) is 37.4. The van der Waals surface area contributed by atoms with Crippen LogP contribution in [0.2, 0.25) is 0 Å². The van der Waals surface area contributed by atoms with Crippen LogP contribution in [-0.2, 0) is 5.41 Å². The van der Waals surface area contributed by atoms with Crippen molar-refractivity contribution in [3.63, 3.8) is 0 Å². The standard InChI is InChI=1S/C54H54O2S3/c1-6-7-8-10-36-15-17-37(18-16-36)38-19-21-39(22-20-38)40-23-29-43(30-24-40)59-47-33-34-48(58-42-27-13-35(2)14-28-42)51-50(47)52(55)45-11-9-12-46(49(45)53(51)56)57-44-31-25-41(26-32-44)54(3,4)5/h9,11-14,19-34,36-37H,6-8,10,15-18H2,1-5H3. The van der Waals surface area contributed by atoms with Crippen LogP contribution in [-0.4, -0.2) is 11.6 Å². The van der Waals surface area contributed by atoms with Crippen molar-refractivity contribution in [2.75, 3.05) is 0 Å². The second kappa shape index (κ2) is 18.1. The Morgan fingerprint density at radius 2 is 1.05 bits per heavy atom. The average Bonchev–Trinajstić information content (AvgIpc) is 3.24. The highest BCUT2D eigenvalue weighted by Gasteiger charge is 2.36. The van der Waals surface area contributed by atoms with Crippen LogP contribution in [0.5, 0.6) is 0 Å².